The van der Waals surface area contributed by atoms with Gasteiger partial charge in [0.25, 0.3) is 5.56 Å². The molecular weight excluding hydrogens is 381 g/mol. The maximum absolute atomic E-state index is 13.6. The number of aromatic nitrogens is 3. The van der Waals surface area contributed by atoms with Gasteiger partial charge < -0.3 is 4.74 Å². The standard InChI is InChI=1S/C16H11BrFN3O3/c17-14-15(22)19-16(23)21(20-14)9-10-5-7-11(8-6-10)24-13-4-2-1-3-12(13)18/h1-8H,9H2,(H,19,22,23). The molecule has 0 aliphatic heterocycles. The molecule has 0 radical (unpaired) electrons. The van der Waals surface area contributed by atoms with E-state index in [1.54, 1.807) is 36.4 Å². The van der Waals surface area contributed by atoms with E-state index in [1.165, 1.54) is 12.1 Å². The summed E-state index contributed by atoms with van der Waals surface area (Å²) in [5.41, 5.74) is -0.413. The lowest BCUT2D eigenvalue weighted by molar-refractivity contribution is 0.442. The Morgan fingerprint density at radius 2 is 1.83 bits per heavy atom. The normalized spacial score (nSPS) is 10.6. The van der Waals surface area contributed by atoms with Crippen LogP contribution in [0, 0.1) is 5.82 Å². The first kappa shape index (κ1) is 16.1. The molecule has 122 valence electrons. The predicted octanol–water partition coefficient (Wildman–Crippen LogP) is 2.67. The summed E-state index contributed by atoms with van der Waals surface area (Å²) in [5.74, 6) is 0.148. The van der Waals surface area contributed by atoms with E-state index in [-0.39, 0.29) is 16.9 Å². The van der Waals surface area contributed by atoms with Gasteiger partial charge in [0.1, 0.15) is 5.75 Å². The second-order valence-electron chi connectivity index (χ2n) is 4.88. The molecule has 0 amide bonds. The Hall–Kier alpha value is -2.74. The molecule has 3 rings (SSSR count). The number of nitrogens with one attached hydrogen (secondary N) is 1. The minimum Gasteiger partial charge on any atom is -0.454 e. The number of aromatic amines is 1. The van der Waals surface area contributed by atoms with Crippen molar-refractivity contribution in [2.75, 3.05) is 0 Å². The molecule has 0 saturated carbocycles. The van der Waals surface area contributed by atoms with E-state index in [1.807, 2.05) is 0 Å². The highest BCUT2D eigenvalue weighted by Gasteiger charge is 2.06. The molecule has 0 atom stereocenters. The summed E-state index contributed by atoms with van der Waals surface area (Å²) in [6, 6.07) is 12.9. The van der Waals surface area contributed by atoms with Crippen LogP contribution in [-0.4, -0.2) is 14.8 Å². The van der Waals surface area contributed by atoms with Crippen molar-refractivity contribution >= 4 is 15.9 Å². The molecule has 0 fully saturated rings. The van der Waals surface area contributed by atoms with Crippen molar-refractivity contribution in [1.82, 2.24) is 14.8 Å². The molecule has 0 bridgehead atoms. The number of para-hydroxylation sites is 1. The summed E-state index contributed by atoms with van der Waals surface area (Å²) in [6.07, 6.45) is 0. The Morgan fingerprint density at radius 3 is 2.54 bits per heavy atom. The third kappa shape index (κ3) is 3.60. The first-order valence-corrected chi connectivity index (χ1v) is 7.70. The number of benzene rings is 2. The van der Waals surface area contributed by atoms with E-state index in [4.69, 9.17) is 4.74 Å². The highest BCUT2D eigenvalue weighted by molar-refractivity contribution is 9.10. The summed E-state index contributed by atoms with van der Waals surface area (Å²) in [7, 11) is 0. The Balaban J connectivity index is 1.78. The Kier molecular flexibility index (Phi) is 4.57. The van der Waals surface area contributed by atoms with Gasteiger partial charge in [-0.15, -0.1) is 0 Å². The Bertz CT molecular complexity index is 983. The molecule has 8 heteroatoms. The van der Waals surface area contributed by atoms with E-state index < -0.39 is 17.1 Å². The largest absolute Gasteiger partial charge is 0.454 e. The van der Waals surface area contributed by atoms with Gasteiger partial charge in [0.15, 0.2) is 16.2 Å². The number of ether oxygens (including phenoxy) is 1. The molecule has 6 nitrogen and oxygen atoms in total. The SMILES string of the molecule is O=c1[nH]c(=O)n(Cc2ccc(Oc3ccccc3F)cc2)nc1Br. The van der Waals surface area contributed by atoms with Crippen LogP contribution in [-0.2, 0) is 6.54 Å². The average molecular weight is 392 g/mol. The molecule has 2 aromatic carbocycles. The number of hydrogen-bond donors (Lipinski definition) is 1. The van der Waals surface area contributed by atoms with E-state index in [2.05, 4.69) is 26.0 Å². The van der Waals surface area contributed by atoms with Gasteiger partial charge in [-0.1, -0.05) is 24.3 Å². The van der Waals surface area contributed by atoms with Crippen molar-refractivity contribution < 1.29 is 9.13 Å². The van der Waals surface area contributed by atoms with Crippen LogP contribution in [0.2, 0.25) is 0 Å². The highest BCUT2D eigenvalue weighted by atomic mass is 79.9. The summed E-state index contributed by atoms with van der Waals surface area (Å²) in [4.78, 5) is 25.1. The number of rotatable bonds is 4. The lowest BCUT2D eigenvalue weighted by Crippen LogP contribution is -2.33. The Morgan fingerprint density at radius 1 is 1.12 bits per heavy atom. The fourth-order valence-corrected chi connectivity index (χ4v) is 2.30. The van der Waals surface area contributed by atoms with Crippen molar-refractivity contribution in [3.05, 3.63) is 85.4 Å². The number of halogens is 2. The van der Waals surface area contributed by atoms with Gasteiger partial charge >= 0.3 is 5.69 Å². The molecule has 0 aliphatic carbocycles. The van der Waals surface area contributed by atoms with Crippen molar-refractivity contribution in [1.29, 1.82) is 0 Å². The molecule has 0 unspecified atom stereocenters. The zero-order valence-corrected chi connectivity index (χ0v) is 13.8. The second-order valence-corrected chi connectivity index (χ2v) is 5.64. The zero-order valence-electron chi connectivity index (χ0n) is 12.2. The summed E-state index contributed by atoms with van der Waals surface area (Å²) in [5, 5.41) is 3.87. The topological polar surface area (TPSA) is 77.0 Å². The minimum atomic E-state index is -0.602. The monoisotopic (exact) mass is 391 g/mol. The van der Waals surface area contributed by atoms with Crippen LogP contribution in [0.3, 0.4) is 0 Å². The molecular formula is C16H11BrFN3O3. The molecule has 0 aliphatic rings. The van der Waals surface area contributed by atoms with Crippen LogP contribution < -0.4 is 16.0 Å². The van der Waals surface area contributed by atoms with Crippen LogP contribution >= 0.6 is 15.9 Å². The maximum atomic E-state index is 13.6. The molecule has 24 heavy (non-hydrogen) atoms. The van der Waals surface area contributed by atoms with Crippen LogP contribution in [0.5, 0.6) is 11.5 Å². The second kappa shape index (κ2) is 6.79. The van der Waals surface area contributed by atoms with Crippen LogP contribution in [0.25, 0.3) is 0 Å². The first-order chi connectivity index (χ1) is 11.5. The minimum absolute atomic E-state index is 0.0293. The van der Waals surface area contributed by atoms with Crippen molar-refractivity contribution in [3.8, 4) is 11.5 Å². The van der Waals surface area contributed by atoms with E-state index >= 15 is 0 Å². The van der Waals surface area contributed by atoms with Crippen molar-refractivity contribution in [2.45, 2.75) is 6.54 Å². The van der Waals surface area contributed by atoms with E-state index in [9.17, 15) is 14.0 Å². The predicted molar refractivity (Wildman–Crippen MR) is 88.8 cm³/mol. The lowest BCUT2D eigenvalue weighted by Gasteiger charge is -2.08. The van der Waals surface area contributed by atoms with Gasteiger partial charge in [-0.25, -0.2) is 13.9 Å². The molecule has 0 spiro atoms. The molecule has 1 aromatic heterocycles. The smallest absolute Gasteiger partial charge is 0.345 e. The lowest BCUT2D eigenvalue weighted by atomic mass is 10.2. The Labute approximate surface area is 143 Å². The van der Waals surface area contributed by atoms with Crippen molar-refractivity contribution in [3.63, 3.8) is 0 Å². The quantitative estimate of drug-likeness (QED) is 0.741. The van der Waals surface area contributed by atoms with Crippen molar-refractivity contribution in [2.24, 2.45) is 0 Å². The molecule has 3 aromatic rings. The number of H-pyrrole nitrogens is 1. The number of hydrogen-bond acceptors (Lipinski definition) is 4. The van der Waals surface area contributed by atoms with E-state index in [0.29, 0.717) is 5.75 Å². The van der Waals surface area contributed by atoms with Gasteiger partial charge in [-0.05, 0) is 45.8 Å². The molecule has 1 heterocycles. The maximum Gasteiger partial charge on any atom is 0.345 e. The van der Waals surface area contributed by atoms with Crippen LogP contribution in [0.15, 0.2) is 62.7 Å². The van der Waals surface area contributed by atoms with Gasteiger partial charge in [-0.3, -0.25) is 9.78 Å². The first-order valence-electron chi connectivity index (χ1n) is 6.91. The summed E-state index contributed by atoms with van der Waals surface area (Å²) >= 11 is 2.98. The molecule has 0 saturated heterocycles. The molecule has 1 N–H and O–H groups in total. The van der Waals surface area contributed by atoms with Gasteiger partial charge in [0, 0.05) is 0 Å². The van der Waals surface area contributed by atoms with Crippen LogP contribution in [0.1, 0.15) is 5.56 Å². The third-order valence-corrected chi connectivity index (χ3v) is 3.69. The average Bonchev–Trinajstić information content (AvgIpc) is 2.56. The zero-order chi connectivity index (χ0) is 17.1. The summed E-state index contributed by atoms with van der Waals surface area (Å²) < 4.78 is 20.2. The van der Waals surface area contributed by atoms with E-state index in [0.717, 1.165) is 10.2 Å². The summed E-state index contributed by atoms with van der Waals surface area (Å²) in [6.45, 7) is 0.175. The fraction of sp³-hybridized carbons (Fsp3) is 0.0625. The highest BCUT2D eigenvalue weighted by Crippen LogP contribution is 2.24. The van der Waals surface area contributed by atoms with Gasteiger partial charge in [0.05, 0.1) is 6.54 Å². The third-order valence-electron chi connectivity index (χ3n) is 3.17. The van der Waals surface area contributed by atoms with Gasteiger partial charge in [0.2, 0.25) is 0 Å². The number of nitrogens with zero attached hydrogens (tertiary/aromatic N) is 2. The van der Waals surface area contributed by atoms with Gasteiger partial charge in [-0.2, -0.15) is 5.10 Å². The fourth-order valence-electron chi connectivity index (χ4n) is 2.01. The van der Waals surface area contributed by atoms with Crippen LogP contribution in [0.4, 0.5) is 4.39 Å².